The van der Waals surface area contributed by atoms with Gasteiger partial charge in [0.15, 0.2) is 0 Å². The van der Waals surface area contributed by atoms with Gasteiger partial charge in [0.2, 0.25) is 5.91 Å². The maximum Gasteiger partial charge on any atom is 0.220 e. The number of rotatable bonds is 5. The van der Waals surface area contributed by atoms with Gasteiger partial charge in [0.05, 0.1) is 0 Å². The molecule has 0 unspecified atom stereocenters. The third kappa shape index (κ3) is 4.10. The topological polar surface area (TPSA) is 32.3 Å². The highest BCUT2D eigenvalue weighted by atomic mass is 16.1. The number of likely N-dealkylation sites (tertiary alicyclic amines) is 1. The van der Waals surface area contributed by atoms with Crippen molar-refractivity contribution >= 4 is 5.91 Å². The largest absolute Gasteiger partial charge is 0.350 e. The molecule has 2 aliphatic rings. The fourth-order valence-electron chi connectivity index (χ4n) is 3.58. The van der Waals surface area contributed by atoms with Gasteiger partial charge in [-0.25, -0.2) is 0 Å². The normalized spacial score (nSPS) is 21.5. The summed E-state index contributed by atoms with van der Waals surface area (Å²) in [4.78, 5) is 14.7. The molecule has 1 heterocycles. The van der Waals surface area contributed by atoms with E-state index in [0.29, 0.717) is 12.3 Å². The van der Waals surface area contributed by atoms with Crippen LogP contribution < -0.4 is 5.32 Å². The van der Waals surface area contributed by atoms with Crippen molar-refractivity contribution in [2.75, 3.05) is 20.1 Å². The van der Waals surface area contributed by atoms with Crippen molar-refractivity contribution < 1.29 is 4.79 Å². The maximum atomic E-state index is 12.4. The lowest BCUT2D eigenvalue weighted by molar-refractivity contribution is -0.123. The van der Waals surface area contributed by atoms with Crippen LogP contribution in [0.4, 0.5) is 0 Å². The Labute approximate surface area is 134 Å². The van der Waals surface area contributed by atoms with Crippen molar-refractivity contribution in [3.05, 3.63) is 35.4 Å². The first-order chi connectivity index (χ1) is 10.5. The van der Waals surface area contributed by atoms with Gasteiger partial charge in [-0.1, -0.05) is 29.8 Å². The van der Waals surface area contributed by atoms with Crippen LogP contribution in [-0.4, -0.2) is 36.5 Å². The molecule has 3 rings (SSSR count). The molecular weight excluding hydrogens is 272 g/mol. The number of carbonyl (C=O) groups is 1. The zero-order valence-corrected chi connectivity index (χ0v) is 13.9. The third-order valence-electron chi connectivity index (χ3n) is 5.20. The van der Waals surface area contributed by atoms with Crippen LogP contribution >= 0.6 is 0 Å². The molecule has 3 nitrogen and oxygen atoms in total. The van der Waals surface area contributed by atoms with Crippen molar-refractivity contribution in [1.82, 2.24) is 10.2 Å². The fourth-order valence-corrected chi connectivity index (χ4v) is 3.58. The van der Waals surface area contributed by atoms with E-state index in [1.165, 1.54) is 11.1 Å². The Balaban J connectivity index is 1.50. The number of nitrogens with zero attached hydrogens (tertiary/aromatic N) is 1. The van der Waals surface area contributed by atoms with Gasteiger partial charge in [0, 0.05) is 12.0 Å². The Morgan fingerprint density at radius 3 is 2.68 bits per heavy atom. The van der Waals surface area contributed by atoms with E-state index in [1.807, 2.05) is 0 Å². The molecule has 1 aromatic carbocycles. The van der Waals surface area contributed by atoms with Gasteiger partial charge in [0.25, 0.3) is 0 Å². The van der Waals surface area contributed by atoms with E-state index >= 15 is 0 Å². The number of amides is 1. The van der Waals surface area contributed by atoms with Gasteiger partial charge < -0.3 is 10.2 Å². The summed E-state index contributed by atoms with van der Waals surface area (Å²) in [5, 5.41) is 3.34. The van der Waals surface area contributed by atoms with E-state index < -0.39 is 0 Å². The summed E-state index contributed by atoms with van der Waals surface area (Å²) in [5.41, 5.74) is 2.69. The Hall–Kier alpha value is -1.35. The predicted octanol–water partition coefficient (Wildman–Crippen LogP) is 2.92. The van der Waals surface area contributed by atoms with Crippen molar-refractivity contribution in [2.24, 2.45) is 5.92 Å². The molecule has 120 valence electrons. The molecular formula is C19H28N2O. The van der Waals surface area contributed by atoms with Gasteiger partial charge >= 0.3 is 0 Å². The second kappa shape index (κ2) is 6.41. The first kappa shape index (κ1) is 15.5. The molecule has 2 fully saturated rings. The lowest BCUT2D eigenvalue weighted by Crippen LogP contribution is -2.40. The molecule has 22 heavy (non-hydrogen) atoms. The zero-order chi connectivity index (χ0) is 15.6. The predicted molar refractivity (Wildman–Crippen MR) is 89.8 cm³/mol. The van der Waals surface area contributed by atoms with E-state index in [9.17, 15) is 4.79 Å². The minimum atomic E-state index is 0.0519. The van der Waals surface area contributed by atoms with Crippen molar-refractivity contribution in [1.29, 1.82) is 0 Å². The number of nitrogens with one attached hydrogen (secondary N) is 1. The van der Waals surface area contributed by atoms with Crippen LogP contribution in [0.2, 0.25) is 0 Å². The molecule has 0 spiro atoms. The summed E-state index contributed by atoms with van der Waals surface area (Å²) in [7, 11) is 2.16. The summed E-state index contributed by atoms with van der Waals surface area (Å²) in [5.74, 6) is 0.839. The lowest BCUT2D eigenvalue weighted by atomic mass is 9.93. The van der Waals surface area contributed by atoms with Crippen molar-refractivity contribution in [2.45, 2.75) is 51.0 Å². The molecule has 1 saturated carbocycles. The van der Waals surface area contributed by atoms with E-state index in [4.69, 9.17) is 0 Å². The zero-order valence-electron chi connectivity index (χ0n) is 13.9. The quantitative estimate of drug-likeness (QED) is 0.907. The molecule has 1 aromatic rings. The average molecular weight is 300 g/mol. The lowest BCUT2D eigenvalue weighted by Gasteiger charge is -2.29. The molecule has 0 bridgehead atoms. The minimum Gasteiger partial charge on any atom is -0.350 e. The molecule has 1 aliphatic heterocycles. The summed E-state index contributed by atoms with van der Waals surface area (Å²) in [6.45, 7) is 4.39. The number of aryl methyl sites for hydroxylation is 1. The average Bonchev–Trinajstić information content (AvgIpc) is 3.20. The SMILES string of the molecule is Cc1cccc(CC2(NC(=O)CC3CCN(C)CC3)CC2)c1. The molecule has 3 heteroatoms. The van der Waals surface area contributed by atoms with Crippen LogP contribution in [0.15, 0.2) is 24.3 Å². The molecule has 0 radical (unpaired) electrons. The highest BCUT2D eigenvalue weighted by Crippen LogP contribution is 2.39. The van der Waals surface area contributed by atoms with Crippen LogP contribution in [0.1, 0.15) is 43.2 Å². The fraction of sp³-hybridized carbons (Fsp3) is 0.632. The van der Waals surface area contributed by atoms with E-state index in [0.717, 1.165) is 45.2 Å². The van der Waals surface area contributed by atoms with E-state index in [2.05, 4.69) is 48.5 Å². The van der Waals surface area contributed by atoms with Gasteiger partial charge in [-0.2, -0.15) is 0 Å². The number of benzene rings is 1. The van der Waals surface area contributed by atoms with Gasteiger partial charge in [-0.3, -0.25) is 4.79 Å². The summed E-state index contributed by atoms with van der Waals surface area (Å²) >= 11 is 0. The summed E-state index contributed by atoms with van der Waals surface area (Å²) in [6.07, 6.45) is 6.26. The van der Waals surface area contributed by atoms with Crippen LogP contribution in [0.25, 0.3) is 0 Å². The van der Waals surface area contributed by atoms with Crippen molar-refractivity contribution in [3.63, 3.8) is 0 Å². The number of hydrogen-bond acceptors (Lipinski definition) is 2. The molecule has 1 amide bonds. The molecule has 0 aromatic heterocycles. The Bertz CT molecular complexity index is 528. The Morgan fingerprint density at radius 2 is 2.05 bits per heavy atom. The third-order valence-corrected chi connectivity index (χ3v) is 5.20. The molecule has 0 atom stereocenters. The van der Waals surface area contributed by atoms with Gasteiger partial charge in [-0.15, -0.1) is 0 Å². The standard InChI is InChI=1S/C19H28N2O/c1-15-4-3-5-17(12-15)14-19(8-9-19)20-18(22)13-16-6-10-21(2)11-7-16/h3-5,12,16H,6-11,13-14H2,1-2H3,(H,20,22). The summed E-state index contributed by atoms with van der Waals surface area (Å²) < 4.78 is 0. The second-order valence-electron chi connectivity index (χ2n) is 7.45. The Morgan fingerprint density at radius 1 is 1.32 bits per heavy atom. The summed E-state index contributed by atoms with van der Waals surface area (Å²) in [6, 6.07) is 8.65. The van der Waals surface area contributed by atoms with E-state index in [1.54, 1.807) is 0 Å². The van der Waals surface area contributed by atoms with Crippen LogP contribution in [0, 0.1) is 12.8 Å². The Kier molecular flexibility index (Phi) is 4.53. The first-order valence-electron chi connectivity index (χ1n) is 8.60. The molecule has 1 aliphatic carbocycles. The molecule has 1 N–H and O–H groups in total. The second-order valence-corrected chi connectivity index (χ2v) is 7.45. The van der Waals surface area contributed by atoms with Crippen LogP contribution in [0.3, 0.4) is 0 Å². The maximum absolute atomic E-state index is 12.4. The molecule has 1 saturated heterocycles. The van der Waals surface area contributed by atoms with Crippen LogP contribution in [0.5, 0.6) is 0 Å². The van der Waals surface area contributed by atoms with Gasteiger partial charge in [-0.05, 0) is 70.6 Å². The number of hydrogen-bond donors (Lipinski definition) is 1. The smallest absolute Gasteiger partial charge is 0.220 e. The van der Waals surface area contributed by atoms with Crippen molar-refractivity contribution in [3.8, 4) is 0 Å². The highest BCUT2D eigenvalue weighted by molar-refractivity contribution is 5.77. The first-order valence-corrected chi connectivity index (χ1v) is 8.60. The monoisotopic (exact) mass is 300 g/mol. The number of piperidine rings is 1. The van der Waals surface area contributed by atoms with E-state index in [-0.39, 0.29) is 11.4 Å². The van der Waals surface area contributed by atoms with Crippen LogP contribution in [-0.2, 0) is 11.2 Å². The minimum absolute atomic E-state index is 0.0519. The van der Waals surface area contributed by atoms with Gasteiger partial charge in [0.1, 0.15) is 0 Å². The number of carbonyl (C=O) groups excluding carboxylic acids is 1. The highest BCUT2D eigenvalue weighted by Gasteiger charge is 2.44.